The third kappa shape index (κ3) is 4.93. The van der Waals surface area contributed by atoms with Crippen molar-refractivity contribution in [1.82, 2.24) is 15.8 Å². The van der Waals surface area contributed by atoms with Gasteiger partial charge in [0.1, 0.15) is 5.75 Å². The van der Waals surface area contributed by atoms with Crippen LogP contribution in [0.3, 0.4) is 0 Å². The number of imide groups is 1. The van der Waals surface area contributed by atoms with E-state index in [1.165, 1.54) is 0 Å². The van der Waals surface area contributed by atoms with Gasteiger partial charge in [0, 0.05) is 17.4 Å². The first-order chi connectivity index (χ1) is 14.7. The minimum Gasteiger partial charge on any atom is -0.481 e. The monoisotopic (exact) mass is 487 g/mol. The summed E-state index contributed by atoms with van der Waals surface area (Å²) in [5, 5.41) is 0. The average Bonchev–Trinajstić information content (AvgIpc) is 2.97. The normalized spacial score (nSPS) is 13.6. The minimum absolute atomic E-state index is 0.0970. The van der Waals surface area contributed by atoms with Gasteiger partial charge in [0.2, 0.25) is 5.91 Å². The third-order valence-electron chi connectivity index (χ3n) is 5.05. The van der Waals surface area contributed by atoms with Crippen LogP contribution in [0, 0.1) is 13.8 Å². The number of aryl methyl sites for hydroxylation is 1. The summed E-state index contributed by atoms with van der Waals surface area (Å²) >= 11 is 3.27. The standard InChI is InChI=1S/C22H22BrN3O5/c1-12-5-4-6-18(13(12)2)31-14(3)20(28)25-24-19(27)9-10-26-21(29)16-8-7-15(23)11-17(16)22(26)30/h4-8,11,14H,9-10H2,1-3H3,(H,24,27)(H,25,28). The van der Waals surface area contributed by atoms with E-state index in [9.17, 15) is 19.2 Å². The van der Waals surface area contributed by atoms with Crippen LogP contribution < -0.4 is 15.6 Å². The van der Waals surface area contributed by atoms with Crippen LogP contribution >= 0.6 is 15.9 Å². The SMILES string of the molecule is Cc1cccc(OC(C)C(=O)NNC(=O)CCN2C(=O)c3ccc(Br)cc3C2=O)c1C. The molecule has 2 aromatic rings. The van der Waals surface area contributed by atoms with Crippen LogP contribution in [0.25, 0.3) is 0 Å². The van der Waals surface area contributed by atoms with Gasteiger partial charge >= 0.3 is 0 Å². The molecule has 0 saturated heterocycles. The van der Waals surface area contributed by atoms with Gasteiger partial charge in [-0.1, -0.05) is 28.1 Å². The number of amides is 4. The molecule has 3 rings (SSSR count). The number of rotatable bonds is 6. The fraction of sp³-hybridized carbons (Fsp3) is 0.273. The number of carbonyl (C=O) groups excluding carboxylic acids is 4. The second kappa shape index (κ2) is 9.30. The van der Waals surface area contributed by atoms with Crippen molar-refractivity contribution in [2.45, 2.75) is 33.3 Å². The van der Waals surface area contributed by atoms with Crippen molar-refractivity contribution in [2.75, 3.05) is 6.54 Å². The van der Waals surface area contributed by atoms with Gasteiger partial charge in [-0.05, 0) is 56.2 Å². The minimum atomic E-state index is -0.838. The topological polar surface area (TPSA) is 105 Å². The fourth-order valence-electron chi connectivity index (χ4n) is 3.07. The molecule has 2 N–H and O–H groups in total. The zero-order valence-corrected chi connectivity index (χ0v) is 18.9. The van der Waals surface area contributed by atoms with Gasteiger partial charge in [-0.3, -0.25) is 34.9 Å². The van der Waals surface area contributed by atoms with E-state index in [0.717, 1.165) is 16.0 Å². The van der Waals surface area contributed by atoms with Gasteiger partial charge < -0.3 is 4.74 Å². The largest absolute Gasteiger partial charge is 0.481 e. The maximum Gasteiger partial charge on any atom is 0.279 e. The van der Waals surface area contributed by atoms with E-state index in [-0.39, 0.29) is 13.0 Å². The Labute approximate surface area is 188 Å². The molecule has 4 amide bonds. The Balaban J connectivity index is 1.48. The zero-order chi connectivity index (χ0) is 22.7. The number of hydrogen-bond acceptors (Lipinski definition) is 5. The summed E-state index contributed by atoms with van der Waals surface area (Å²) < 4.78 is 6.36. The second-order valence-corrected chi connectivity index (χ2v) is 8.11. The number of hydrogen-bond donors (Lipinski definition) is 2. The van der Waals surface area contributed by atoms with Gasteiger partial charge in [0.25, 0.3) is 17.7 Å². The Morgan fingerprint density at radius 1 is 1.06 bits per heavy atom. The number of nitrogens with zero attached hydrogens (tertiary/aromatic N) is 1. The van der Waals surface area contributed by atoms with E-state index in [2.05, 4.69) is 26.8 Å². The lowest BCUT2D eigenvalue weighted by molar-refractivity contribution is -0.132. The Bertz CT molecular complexity index is 1070. The number of benzene rings is 2. The van der Waals surface area contributed by atoms with Crippen LogP contribution in [0.2, 0.25) is 0 Å². The number of fused-ring (bicyclic) bond motifs is 1. The van der Waals surface area contributed by atoms with Crippen molar-refractivity contribution in [1.29, 1.82) is 0 Å². The van der Waals surface area contributed by atoms with E-state index in [0.29, 0.717) is 21.3 Å². The first-order valence-electron chi connectivity index (χ1n) is 9.66. The molecule has 0 spiro atoms. The number of carbonyl (C=O) groups is 4. The highest BCUT2D eigenvalue weighted by molar-refractivity contribution is 9.10. The molecule has 1 atom stereocenters. The molecule has 31 heavy (non-hydrogen) atoms. The molecule has 0 saturated carbocycles. The van der Waals surface area contributed by atoms with Crippen LogP contribution in [-0.4, -0.2) is 41.2 Å². The van der Waals surface area contributed by atoms with Gasteiger partial charge in [0.15, 0.2) is 6.10 Å². The van der Waals surface area contributed by atoms with Gasteiger partial charge in [0.05, 0.1) is 11.1 Å². The molecule has 8 nitrogen and oxygen atoms in total. The summed E-state index contributed by atoms with van der Waals surface area (Å²) in [6.07, 6.45) is -0.991. The summed E-state index contributed by atoms with van der Waals surface area (Å²) in [6.45, 7) is 5.32. The Hall–Kier alpha value is -3.20. The summed E-state index contributed by atoms with van der Waals surface area (Å²) in [4.78, 5) is 50.1. The van der Waals surface area contributed by atoms with E-state index in [4.69, 9.17) is 4.74 Å². The van der Waals surface area contributed by atoms with Crippen LogP contribution in [-0.2, 0) is 9.59 Å². The molecule has 2 aromatic carbocycles. The third-order valence-corrected chi connectivity index (χ3v) is 5.54. The fourth-order valence-corrected chi connectivity index (χ4v) is 3.43. The highest BCUT2D eigenvalue weighted by Crippen LogP contribution is 2.26. The number of halogens is 1. The molecule has 1 aliphatic heterocycles. The van der Waals surface area contributed by atoms with E-state index < -0.39 is 29.7 Å². The molecule has 162 valence electrons. The summed E-state index contributed by atoms with van der Waals surface area (Å²) in [7, 11) is 0. The molecule has 0 aliphatic carbocycles. The van der Waals surface area contributed by atoms with Crippen molar-refractivity contribution in [3.8, 4) is 5.75 Å². The summed E-state index contributed by atoms with van der Waals surface area (Å²) in [5.41, 5.74) is 7.16. The Morgan fingerprint density at radius 3 is 2.52 bits per heavy atom. The van der Waals surface area contributed by atoms with Gasteiger partial charge in [-0.15, -0.1) is 0 Å². The first-order valence-corrected chi connectivity index (χ1v) is 10.5. The molecule has 0 bridgehead atoms. The molecular formula is C22H22BrN3O5. The Morgan fingerprint density at radius 2 is 1.77 bits per heavy atom. The van der Waals surface area contributed by atoms with Gasteiger partial charge in [-0.25, -0.2) is 0 Å². The van der Waals surface area contributed by atoms with Crippen molar-refractivity contribution in [3.05, 3.63) is 63.1 Å². The number of ether oxygens (including phenoxy) is 1. The van der Waals surface area contributed by atoms with E-state index in [1.54, 1.807) is 31.2 Å². The zero-order valence-electron chi connectivity index (χ0n) is 17.3. The number of nitrogens with one attached hydrogen (secondary N) is 2. The van der Waals surface area contributed by atoms with Gasteiger partial charge in [-0.2, -0.15) is 0 Å². The van der Waals surface area contributed by atoms with Crippen molar-refractivity contribution >= 4 is 39.6 Å². The summed E-state index contributed by atoms with van der Waals surface area (Å²) in [5.74, 6) is -1.37. The predicted molar refractivity (Wildman–Crippen MR) is 116 cm³/mol. The summed E-state index contributed by atoms with van der Waals surface area (Å²) in [6, 6.07) is 10.4. The molecule has 0 aromatic heterocycles. The lowest BCUT2D eigenvalue weighted by Crippen LogP contribution is -2.48. The highest BCUT2D eigenvalue weighted by Gasteiger charge is 2.35. The van der Waals surface area contributed by atoms with Crippen molar-refractivity contribution in [3.63, 3.8) is 0 Å². The quantitative estimate of drug-likeness (QED) is 0.481. The number of hydrazine groups is 1. The van der Waals surface area contributed by atoms with Crippen molar-refractivity contribution in [2.24, 2.45) is 0 Å². The van der Waals surface area contributed by atoms with Crippen LogP contribution in [0.15, 0.2) is 40.9 Å². The molecule has 1 unspecified atom stereocenters. The second-order valence-electron chi connectivity index (χ2n) is 7.20. The molecule has 1 aliphatic rings. The average molecular weight is 488 g/mol. The maximum atomic E-state index is 12.4. The first kappa shape index (κ1) is 22.5. The molecule has 1 heterocycles. The molecule has 9 heteroatoms. The van der Waals surface area contributed by atoms with Crippen LogP contribution in [0.1, 0.15) is 45.2 Å². The van der Waals surface area contributed by atoms with E-state index >= 15 is 0 Å². The molecular weight excluding hydrogens is 466 g/mol. The lowest BCUT2D eigenvalue weighted by Gasteiger charge is -2.18. The smallest absolute Gasteiger partial charge is 0.279 e. The van der Waals surface area contributed by atoms with E-state index in [1.807, 2.05) is 26.0 Å². The van der Waals surface area contributed by atoms with Crippen LogP contribution in [0.5, 0.6) is 5.75 Å². The highest BCUT2D eigenvalue weighted by atomic mass is 79.9. The van der Waals surface area contributed by atoms with Crippen molar-refractivity contribution < 1.29 is 23.9 Å². The predicted octanol–water partition coefficient (Wildman–Crippen LogP) is 2.67. The lowest BCUT2D eigenvalue weighted by atomic mass is 10.1. The maximum absolute atomic E-state index is 12.4. The molecule has 0 radical (unpaired) electrons. The molecule has 0 fully saturated rings. The Kier molecular flexibility index (Phi) is 6.74. The van der Waals surface area contributed by atoms with Crippen LogP contribution in [0.4, 0.5) is 0 Å².